The lowest BCUT2D eigenvalue weighted by molar-refractivity contribution is -0.205. The topological polar surface area (TPSA) is 60.7 Å². The van der Waals surface area contributed by atoms with Gasteiger partial charge in [-0.1, -0.05) is 36.4 Å². The van der Waals surface area contributed by atoms with Gasteiger partial charge in [-0.05, 0) is 72.4 Å². The van der Waals surface area contributed by atoms with E-state index in [0.29, 0.717) is 0 Å². The summed E-state index contributed by atoms with van der Waals surface area (Å²) in [6.45, 7) is 1.68. The van der Waals surface area contributed by atoms with Crippen molar-refractivity contribution < 1.29 is 28.5 Å². The summed E-state index contributed by atoms with van der Waals surface area (Å²) in [6, 6.07) is 11.4. The van der Waals surface area contributed by atoms with Gasteiger partial charge < -0.3 is 15.3 Å². The second kappa shape index (κ2) is 10.0. The summed E-state index contributed by atoms with van der Waals surface area (Å²) < 4.78 is 37.2. The SMILES string of the molecule is Cc1cc(CCCc2ccc(CO)c(CO)c2)ccc1CCC(O)C(F)(F)F. The van der Waals surface area contributed by atoms with Gasteiger partial charge in [0.2, 0.25) is 0 Å². The third kappa shape index (κ3) is 6.33. The van der Waals surface area contributed by atoms with Crippen LogP contribution in [0.15, 0.2) is 36.4 Å². The van der Waals surface area contributed by atoms with Crippen LogP contribution in [-0.2, 0) is 32.5 Å². The maximum Gasteiger partial charge on any atom is 0.414 e. The van der Waals surface area contributed by atoms with Gasteiger partial charge in [-0.2, -0.15) is 13.2 Å². The summed E-state index contributed by atoms with van der Waals surface area (Å²) in [4.78, 5) is 0. The highest BCUT2D eigenvalue weighted by atomic mass is 19.4. The molecule has 6 heteroatoms. The van der Waals surface area contributed by atoms with E-state index in [9.17, 15) is 23.4 Å². The molecule has 0 aromatic heterocycles. The maximum absolute atomic E-state index is 12.4. The number of aliphatic hydroxyl groups is 3. The Morgan fingerprint density at radius 1 is 0.821 bits per heavy atom. The van der Waals surface area contributed by atoms with Crippen molar-refractivity contribution in [3.8, 4) is 0 Å². The van der Waals surface area contributed by atoms with Gasteiger partial charge >= 0.3 is 6.18 Å². The summed E-state index contributed by atoms with van der Waals surface area (Å²) in [5.41, 5.74) is 5.43. The van der Waals surface area contributed by atoms with Crippen LogP contribution in [-0.4, -0.2) is 27.6 Å². The van der Waals surface area contributed by atoms with E-state index in [0.717, 1.165) is 52.6 Å². The molecule has 2 aromatic carbocycles. The highest BCUT2D eigenvalue weighted by Gasteiger charge is 2.37. The van der Waals surface area contributed by atoms with Crippen molar-refractivity contribution in [2.75, 3.05) is 0 Å². The van der Waals surface area contributed by atoms with Gasteiger partial charge in [0, 0.05) is 0 Å². The predicted molar refractivity (Wildman–Crippen MR) is 102 cm³/mol. The molecule has 0 aliphatic carbocycles. The van der Waals surface area contributed by atoms with Gasteiger partial charge in [-0.15, -0.1) is 0 Å². The van der Waals surface area contributed by atoms with E-state index in [-0.39, 0.29) is 26.1 Å². The number of halogens is 3. The quantitative estimate of drug-likeness (QED) is 0.600. The van der Waals surface area contributed by atoms with E-state index in [2.05, 4.69) is 0 Å². The Hall–Kier alpha value is -1.89. The molecule has 0 spiro atoms. The molecule has 0 fully saturated rings. The lowest BCUT2D eigenvalue weighted by Crippen LogP contribution is -2.28. The average molecular weight is 396 g/mol. The molecule has 154 valence electrons. The smallest absolute Gasteiger partial charge is 0.392 e. The molecule has 0 bridgehead atoms. The van der Waals surface area contributed by atoms with Crippen LogP contribution in [0.4, 0.5) is 13.2 Å². The van der Waals surface area contributed by atoms with Crippen LogP contribution in [0.3, 0.4) is 0 Å². The number of aryl methyl sites for hydroxylation is 4. The Balaban J connectivity index is 1.89. The molecule has 0 radical (unpaired) electrons. The van der Waals surface area contributed by atoms with Crippen LogP contribution in [0, 0.1) is 6.92 Å². The molecule has 0 saturated heterocycles. The minimum atomic E-state index is -4.57. The Bertz CT molecular complexity index is 772. The summed E-state index contributed by atoms with van der Waals surface area (Å²) in [5, 5.41) is 27.7. The first-order chi connectivity index (χ1) is 13.2. The molecule has 1 atom stereocenters. The third-order valence-electron chi connectivity index (χ3n) is 5.01. The van der Waals surface area contributed by atoms with Crippen molar-refractivity contribution in [2.45, 2.75) is 64.5 Å². The van der Waals surface area contributed by atoms with Crippen LogP contribution >= 0.6 is 0 Å². The Kier molecular flexibility index (Phi) is 8.04. The zero-order valence-electron chi connectivity index (χ0n) is 16.0. The summed E-state index contributed by atoms with van der Waals surface area (Å²) in [5.74, 6) is 0. The zero-order chi connectivity index (χ0) is 20.7. The lowest BCUT2D eigenvalue weighted by atomic mass is 9.96. The monoisotopic (exact) mass is 396 g/mol. The standard InChI is InChI=1S/C22H27F3O3/c1-15-11-16(5-7-18(15)9-10-21(28)22(23,24)25)3-2-4-17-6-8-19(13-26)20(12-17)14-27/h5-8,11-12,21,26-28H,2-4,9-10,13-14H2,1H3. The third-order valence-corrected chi connectivity index (χ3v) is 5.01. The maximum atomic E-state index is 12.4. The van der Waals surface area contributed by atoms with E-state index >= 15 is 0 Å². The molecular weight excluding hydrogens is 369 g/mol. The summed E-state index contributed by atoms with van der Waals surface area (Å²) in [6.07, 6.45) is -4.43. The lowest BCUT2D eigenvalue weighted by Gasteiger charge is -2.15. The second-order valence-electron chi connectivity index (χ2n) is 7.13. The molecule has 2 rings (SSSR count). The fraction of sp³-hybridized carbons (Fsp3) is 0.455. The van der Waals surface area contributed by atoms with Crippen molar-refractivity contribution in [1.29, 1.82) is 0 Å². The fourth-order valence-electron chi connectivity index (χ4n) is 3.28. The first-order valence-electron chi connectivity index (χ1n) is 9.40. The number of rotatable bonds is 9. The van der Waals surface area contributed by atoms with E-state index in [1.54, 1.807) is 0 Å². The zero-order valence-corrected chi connectivity index (χ0v) is 16.0. The summed E-state index contributed by atoms with van der Waals surface area (Å²) in [7, 11) is 0. The van der Waals surface area contributed by atoms with Crippen molar-refractivity contribution >= 4 is 0 Å². The number of aliphatic hydroxyl groups excluding tert-OH is 3. The van der Waals surface area contributed by atoms with E-state index in [1.807, 2.05) is 43.3 Å². The molecule has 0 aliphatic heterocycles. The van der Waals surface area contributed by atoms with Crippen molar-refractivity contribution in [1.82, 2.24) is 0 Å². The predicted octanol–water partition coefficient (Wildman–Crippen LogP) is 4.01. The van der Waals surface area contributed by atoms with Crippen LogP contribution in [0.5, 0.6) is 0 Å². The van der Waals surface area contributed by atoms with Gasteiger partial charge in [0.25, 0.3) is 0 Å². The fourth-order valence-corrected chi connectivity index (χ4v) is 3.28. The minimum Gasteiger partial charge on any atom is -0.392 e. The molecular formula is C22H27F3O3. The normalized spacial score (nSPS) is 13.0. The second-order valence-corrected chi connectivity index (χ2v) is 7.13. The molecule has 3 nitrogen and oxygen atoms in total. The van der Waals surface area contributed by atoms with Crippen molar-refractivity contribution in [2.24, 2.45) is 0 Å². The minimum absolute atomic E-state index is 0.0954. The molecule has 1 unspecified atom stereocenters. The molecule has 3 N–H and O–H groups in total. The van der Waals surface area contributed by atoms with Crippen LogP contribution in [0.2, 0.25) is 0 Å². The molecule has 2 aromatic rings. The Labute approximate surface area is 163 Å². The highest BCUT2D eigenvalue weighted by Crippen LogP contribution is 2.24. The molecule has 0 aliphatic rings. The number of alkyl halides is 3. The Morgan fingerprint density at radius 2 is 1.39 bits per heavy atom. The molecule has 28 heavy (non-hydrogen) atoms. The number of hydrogen-bond donors (Lipinski definition) is 3. The van der Waals surface area contributed by atoms with Crippen LogP contribution in [0.25, 0.3) is 0 Å². The molecule has 0 saturated carbocycles. The van der Waals surface area contributed by atoms with Gasteiger partial charge in [0.1, 0.15) is 6.10 Å². The average Bonchev–Trinajstić information content (AvgIpc) is 2.66. The van der Waals surface area contributed by atoms with E-state index < -0.39 is 12.3 Å². The largest absolute Gasteiger partial charge is 0.414 e. The van der Waals surface area contributed by atoms with Gasteiger partial charge in [0.05, 0.1) is 13.2 Å². The van der Waals surface area contributed by atoms with Gasteiger partial charge in [0.15, 0.2) is 0 Å². The van der Waals surface area contributed by atoms with Crippen LogP contribution in [0.1, 0.15) is 46.2 Å². The Morgan fingerprint density at radius 3 is 1.93 bits per heavy atom. The van der Waals surface area contributed by atoms with Crippen LogP contribution < -0.4 is 0 Å². The van der Waals surface area contributed by atoms with Gasteiger partial charge in [-0.25, -0.2) is 0 Å². The van der Waals surface area contributed by atoms with E-state index in [1.165, 1.54) is 0 Å². The summed E-state index contributed by atoms with van der Waals surface area (Å²) >= 11 is 0. The van der Waals surface area contributed by atoms with Crippen molar-refractivity contribution in [3.05, 3.63) is 69.8 Å². The molecule has 0 heterocycles. The number of hydrogen-bond acceptors (Lipinski definition) is 3. The number of benzene rings is 2. The van der Waals surface area contributed by atoms with Crippen molar-refractivity contribution in [3.63, 3.8) is 0 Å². The first kappa shape index (κ1) is 22.4. The highest BCUT2D eigenvalue weighted by molar-refractivity contribution is 5.33. The first-order valence-corrected chi connectivity index (χ1v) is 9.40. The van der Waals surface area contributed by atoms with E-state index in [4.69, 9.17) is 5.11 Å². The molecule has 0 amide bonds. The van der Waals surface area contributed by atoms with Gasteiger partial charge in [-0.3, -0.25) is 0 Å².